The quantitative estimate of drug-likeness (QED) is 0.695. The molecule has 152 valence electrons. The fraction of sp³-hybridized carbons (Fsp3) is 0.304. The van der Waals surface area contributed by atoms with Crippen LogP contribution in [0.15, 0.2) is 42.5 Å². The van der Waals surface area contributed by atoms with Crippen LogP contribution in [0.1, 0.15) is 46.0 Å². The van der Waals surface area contributed by atoms with Gasteiger partial charge in [0.2, 0.25) is 0 Å². The zero-order valence-corrected chi connectivity index (χ0v) is 16.9. The highest BCUT2D eigenvalue weighted by molar-refractivity contribution is 5.98. The summed E-state index contributed by atoms with van der Waals surface area (Å²) in [4.78, 5) is 24.7. The van der Waals surface area contributed by atoms with Gasteiger partial charge in [-0.25, -0.2) is 4.39 Å². The number of hydrogen-bond donors (Lipinski definition) is 2. The van der Waals surface area contributed by atoms with E-state index >= 15 is 0 Å². The van der Waals surface area contributed by atoms with Crippen LogP contribution in [-0.4, -0.2) is 31.5 Å². The van der Waals surface area contributed by atoms with Gasteiger partial charge in [-0.3, -0.25) is 9.59 Å². The van der Waals surface area contributed by atoms with Crippen molar-refractivity contribution in [2.24, 2.45) is 0 Å². The van der Waals surface area contributed by atoms with Crippen LogP contribution in [0, 0.1) is 12.7 Å². The first-order valence-electron chi connectivity index (χ1n) is 9.52. The molecule has 2 amide bonds. The number of carbonyl (C=O) groups excluding carboxylic acids is 2. The minimum absolute atomic E-state index is 0.182. The molecule has 2 N–H and O–H groups in total. The molecule has 1 aliphatic carbocycles. The Kier molecular flexibility index (Phi) is 6.01. The topological polar surface area (TPSA) is 67.4 Å². The summed E-state index contributed by atoms with van der Waals surface area (Å²) in [6.45, 7) is 7.62. The van der Waals surface area contributed by atoms with Crippen LogP contribution in [0.5, 0.6) is 5.75 Å². The first kappa shape index (κ1) is 20.6. The summed E-state index contributed by atoms with van der Waals surface area (Å²) in [5, 5.41) is 5.64. The van der Waals surface area contributed by atoms with Crippen molar-refractivity contribution >= 4 is 11.8 Å². The molecule has 0 spiro atoms. The van der Waals surface area contributed by atoms with E-state index < -0.39 is 5.82 Å². The molecule has 1 saturated carbocycles. The SMILES string of the molecule is C=C(C)CNC(=O)c1ccc(-c2cc(C(=O)NC3CC3)cc(F)c2C)c(OC)c1. The highest BCUT2D eigenvalue weighted by Gasteiger charge is 2.25. The van der Waals surface area contributed by atoms with Crippen molar-refractivity contribution in [1.29, 1.82) is 0 Å². The first-order chi connectivity index (χ1) is 13.8. The molecule has 6 heteroatoms. The lowest BCUT2D eigenvalue weighted by atomic mass is 9.95. The molecule has 0 aliphatic heterocycles. The summed E-state index contributed by atoms with van der Waals surface area (Å²) in [6.07, 6.45) is 1.91. The van der Waals surface area contributed by atoms with E-state index in [0.29, 0.717) is 34.5 Å². The minimum Gasteiger partial charge on any atom is -0.496 e. The van der Waals surface area contributed by atoms with Crippen LogP contribution < -0.4 is 15.4 Å². The van der Waals surface area contributed by atoms with Crippen molar-refractivity contribution in [1.82, 2.24) is 10.6 Å². The third-order valence-electron chi connectivity index (χ3n) is 4.82. The fourth-order valence-corrected chi connectivity index (χ4v) is 2.97. The Balaban J connectivity index is 1.96. The Morgan fingerprint density at radius 2 is 1.86 bits per heavy atom. The van der Waals surface area contributed by atoms with Crippen molar-refractivity contribution in [3.05, 3.63) is 65.0 Å². The van der Waals surface area contributed by atoms with Crippen molar-refractivity contribution in [2.75, 3.05) is 13.7 Å². The average molecular weight is 396 g/mol. The lowest BCUT2D eigenvalue weighted by Gasteiger charge is -2.15. The molecule has 5 nitrogen and oxygen atoms in total. The number of benzene rings is 2. The van der Waals surface area contributed by atoms with Gasteiger partial charge in [0.1, 0.15) is 11.6 Å². The van der Waals surface area contributed by atoms with Crippen LogP contribution >= 0.6 is 0 Å². The van der Waals surface area contributed by atoms with Gasteiger partial charge < -0.3 is 15.4 Å². The van der Waals surface area contributed by atoms with Crippen LogP contribution in [0.3, 0.4) is 0 Å². The second kappa shape index (κ2) is 8.47. The molecule has 3 rings (SSSR count). The molecule has 2 aromatic rings. The molecule has 29 heavy (non-hydrogen) atoms. The first-order valence-corrected chi connectivity index (χ1v) is 9.52. The highest BCUT2D eigenvalue weighted by Crippen LogP contribution is 2.35. The molecular formula is C23H25FN2O3. The number of halogens is 1. The zero-order chi connectivity index (χ0) is 21.1. The average Bonchev–Trinajstić information content (AvgIpc) is 3.51. The Hall–Kier alpha value is -3.15. The van der Waals surface area contributed by atoms with Crippen LogP contribution in [-0.2, 0) is 0 Å². The Bertz CT molecular complexity index is 980. The number of methoxy groups -OCH3 is 1. The monoisotopic (exact) mass is 396 g/mol. The van der Waals surface area contributed by atoms with Gasteiger partial charge >= 0.3 is 0 Å². The van der Waals surface area contributed by atoms with Crippen molar-refractivity contribution in [2.45, 2.75) is 32.7 Å². The molecule has 0 aromatic heterocycles. The smallest absolute Gasteiger partial charge is 0.251 e. The summed E-state index contributed by atoms with van der Waals surface area (Å²) in [5.74, 6) is -0.579. The second-order valence-corrected chi connectivity index (χ2v) is 7.43. The predicted molar refractivity (Wildman–Crippen MR) is 111 cm³/mol. The van der Waals surface area contributed by atoms with E-state index in [9.17, 15) is 14.0 Å². The van der Waals surface area contributed by atoms with E-state index in [4.69, 9.17) is 4.74 Å². The summed E-state index contributed by atoms with van der Waals surface area (Å²) in [6, 6.07) is 8.06. The molecule has 0 atom stereocenters. The molecule has 0 saturated heterocycles. The molecule has 1 aliphatic rings. The van der Waals surface area contributed by atoms with Crippen molar-refractivity contribution in [3.8, 4) is 16.9 Å². The molecule has 0 heterocycles. The lowest BCUT2D eigenvalue weighted by Crippen LogP contribution is -2.25. The number of nitrogens with one attached hydrogen (secondary N) is 2. The van der Waals surface area contributed by atoms with Gasteiger partial charge in [0.05, 0.1) is 7.11 Å². The normalized spacial score (nSPS) is 13.0. The highest BCUT2D eigenvalue weighted by atomic mass is 19.1. The van der Waals surface area contributed by atoms with E-state index in [2.05, 4.69) is 17.2 Å². The number of rotatable bonds is 7. The van der Waals surface area contributed by atoms with E-state index in [0.717, 1.165) is 18.4 Å². The summed E-state index contributed by atoms with van der Waals surface area (Å²) >= 11 is 0. The van der Waals surface area contributed by atoms with E-state index in [1.165, 1.54) is 13.2 Å². The Morgan fingerprint density at radius 1 is 1.14 bits per heavy atom. The van der Waals surface area contributed by atoms with Gasteiger partial charge in [0.25, 0.3) is 11.8 Å². The fourth-order valence-electron chi connectivity index (χ4n) is 2.97. The summed E-state index contributed by atoms with van der Waals surface area (Å²) in [5.41, 5.74) is 3.10. The minimum atomic E-state index is -0.464. The third kappa shape index (κ3) is 4.83. The van der Waals surface area contributed by atoms with Gasteiger partial charge in [-0.05, 0) is 68.1 Å². The van der Waals surface area contributed by atoms with Gasteiger partial charge in [0, 0.05) is 29.3 Å². The van der Waals surface area contributed by atoms with Gasteiger partial charge in [-0.15, -0.1) is 0 Å². The van der Waals surface area contributed by atoms with Crippen LogP contribution in [0.4, 0.5) is 4.39 Å². The van der Waals surface area contributed by atoms with Crippen molar-refractivity contribution in [3.63, 3.8) is 0 Å². The van der Waals surface area contributed by atoms with Crippen LogP contribution in [0.25, 0.3) is 11.1 Å². The molecule has 2 aromatic carbocycles. The molecule has 0 unspecified atom stereocenters. The molecule has 0 radical (unpaired) electrons. The molecular weight excluding hydrogens is 371 g/mol. The maximum absolute atomic E-state index is 14.6. The number of ether oxygens (including phenoxy) is 1. The lowest BCUT2D eigenvalue weighted by molar-refractivity contribution is 0.0945. The standard InChI is InChI=1S/C23H25FN2O3/c1-13(2)12-25-22(27)15-5-8-18(21(11-15)29-4)19-9-16(10-20(24)14(19)3)23(28)26-17-6-7-17/h5,8-11,17H,1,6-7,12H2,2-4H3,(H,25,27)(H,26,28). The number of carbonyl (C=O) groups is 2. The third-order valence-corrected chi connectivity index (χ3v) is 4.82. The van der Waals surface area contributed by atoms with E-state index in [1.54, 1.807) is 31.2 Å². The number of amides is 2. The van der Waals surface area contributed by atoms with Gasteiger partial charge in [-0.2, -0.15) is 0 Å². The zero-order valence-electron chi connectivity index (χ0n) is 16.9. The van der Waals surface area contributed by atoms with Gasteiger partial charge in [-0.1, -0.05) is 12.2 Å². The summed E-state index contributed by atoms with van der Waals surface area (Å²) < 4.78 is 20.0. The Labute approximate surface area is 170 Å². The summed E-state index contributed by atoms with van der Waals surface area (Å²) in [7, 11) is 1.49. The Morgan fingerprint density at radius 3 is 2.48 bits per heavy atom. The largest absolute Gasteiger partial charge is 0.496 e. The van der Waals surface area contributed by atoms with E-state index in [-0.39, 0.29) is 23.4 Å². The van der Waals surface area contributed by atoms with Crippen molar-refractivity contribution < 1.29 is 18.7 Å². The van der Waals surface area contributed by atoms with Crippen LogP contribution in [0.2, 0.25) is 0 Å². The predicted octanol–water partition coefficient (Wildman–Crippen LogP) is 4.01. The second-order valence-electron chi connectivity index (χ2n) is 7.43. The maximum atomic E-state index is 14.6. The molecule has 1 fully saturated rings. The number of hydrogen-bond acceptors (Lipinski definition) is 3. The maximum Gasteiger partial charge on any atom is 0.251 e. The molecule has 0 bridgehead atoms. The van der Waals surface area contributed by atoms with E-state index in [1.807, 2.05) is 6.92 Å². The van der Waals surface area contributed by atoms with Gasteiger partial charge in [0.15, 0.2) is 0 Å².